The highest BCUT2D eigenvalue weighted by atomic mass is 16.4. The number of aromatic nitrogens is 2. The molecule has 3 rings (SSSR count). The predicted molar refractivity (Wildman–Crippen MR) is 81.3 cm³/mol. The highest BCUT2D eigenvalue weighted by Crippen LogP contribution is 2.35. The molecule has 2 heterocycles. The van der Waals surface area contributed by atoms with Gasteiger partial charge < -0.3 is 20.7 Å². The normalized spacial score (nSPS) is 15.0. The van der Waals surface area contributed by atoms with Gasteiger partial charge in [-0.3, -0.25) is 0 Å². The van der Waals surface area contributed by atoms with E-state index in [4.69, 9.17) is 10.9 Å². The van der Waals surface area contributed by atoms with E-state index < -0.39 is 0 Å². The van der Waals surface area contributed by atoms with Crippen molar-refractivity contribution in [1.82, 2.24) is 9.97 Å². The Kier molecular flexibility index (Phi) is 3.31. The molecule has 0 amide bonds. The second-order valence-electron chi connectivity index (χ2n) is 4.81. The van der Waals surface area contributed by atoms with Crippen LogP contribution in [-0.2, 0) is 0 Å². The summed E-state index contributed by atoms with van der Waals surface area (Å²) in [5.74, 6) is 0.692. The number of nitrogens with zero attached hydrogens (tertiary/aromatic N) is 5. The third-order valence-electron chi connectivity index (χ3n) is 3.53. The van der Waals surface area contributed by atoms with Crippen LogP contribution in [0.5, 0.6) is 0 Å². The summed E-state index contributed by atoms with van der Waals surface area (Å²) in [7, 11) is 2.07. The molecule has 1 aromatic carbocycles. The molecule has 3 N–H and O–H groups in total. The molecule has 108 valence electrons. The van der Waals surface area contributed by atoms with Gasteiger partial charge >= 0.3 is 0 Å². The maximum absolute atomic E-state index is 8.64. The molecule has 0 spiro atoms. The first-order valence-corrected chi connectivity index (χ1v) is 6.58. The SMILES string of the molecule is CN1CCN(c2cnc(C(N)=NO)cn2)c2ccccc21. The second-order valence-corrected chi connectivity index (χ2v) is 4.81. The fourth-order valence-electron chi connectivity index (χ4n) is 2.39. The molecular weight excluding hydrogens is 268 g/mol. The molecule has 0 saturated heterocycles. The van der Waals surface area contributed by atoms with Gasteiger partial charge in [-0.15, -0.1) is 0 Å². The van der Waals surface area contributed by atoms with Crippen LogP contribution in [0.15, 0.2) is 41.8 Å². The van der Waals surface area contributed by atoms with Crippen molar-refractivity contribution in [1.29, 1.82) is 0 Å². The van der Waals surface area contributed by atoms with Gasteiger partial charge in [-0.2, -0.15) is 0 Å². The summed E-state index contributed by atoms with van der Waals surface area (Å²) in [6.07, 6.45) is 3.14. The van der Waals surface area contributed by atoms with Crippen molar-refractivity contribution in [3.05, 3.63) is 42.4 Å². The lowest BCUT2D eigenvalue weighted by Gasteiger charge is -2.36. The van der Waals surface area contributed by atoms with Crippen molar-refractivity contribution in [2.45, 2.75) is 0 Å². The van der Waals surface area contributed by atoms with Crippen LogP contribution in [0.4, 0.5) is 17.2 Å². The molecule has 0 saturated carbocycles. The smallest absolute Gasteiger partial charge is 0.190 e. The molecule has 7 heteroatoms. The van der Waals surface area contributed by atoms with Gasteiger partial charge in [0.2, 0.25) is 0 Å². The quantitative estimate of drug-likeness (QED) is 0.372. The highest BCUT2D eigenvalue weighted by Gasteiger charge is 2.22. The van der Waals surface area contributed by atoms with E-state index >= 15 is 0 Å². The fraction of sp³-hybridized carbons (Fsp3) is 0.214. The number of rotatable bonds is 2. The Hall–Kier alpha value is -2.83. The number of nitrogens with two attached hydrogens (primary N) is 1. The monoisotopic (exact) mass is 284 g/mol. The van der Waals surface area contributed by atoms with Crippen LogP contribution in [0.3, 0.4) is 0 Å². The highest BCUT2D eigenvalue weighted by molar-refractivity contribution is 5.95. The van der Waals surface area contributed by atoms with Gasteiger partial charge in [0.15, 0.2) is 11.7 Å². The molecule has 7 nitrogen and oxygen atoms in total. The average Bonchev–Trinajstić information content (AvgIpc) is 2.55. The summed E-state index contributed by atoms with van der Waals surface area (Å²) in [5, 5.41) is 11.6. The maximum Gasteiger partial charge on any atom is 0.190 e. The Morgan fingerprint density at radius 3 is 2.62 bits per heavy atom. The number of anilines is 3. The second kappa shape index (κ2) is 5.28. The lowest BCUT2D eigenvalue weighted by atomic mass is 10.2. The van der Waals surface area contributed by atoms with E-state index in [1.165, 1.54) is 6.20 Å². The molecule has 1 aromatic heterocycles. The predicted octanol–water partition coefficient (Wildman–Crippen LogP) is 1.16. The summed E-state index contributed by atoms with van der Waals surface area (Å²) in [6.45, 7) is 1.73. The molecule has 0 atom stereocenters. The lowest BCUT2D eigenvalue weighted by Crippen LogP contribution is -2.36. The minimum absolute atomic E-state index is 0.0483. The van der Waals surface area contributed by atoms with Crippen LogP contribution in [0.2, 0.25) is 0 Å². The lowest BCUT2D eigenvalue weighted by molar-refractivity contribution is 0.318. The van der Waals surface area contributed by atoms with Crippen LogP contribution >= 0.6 is 0 Å². The maximum atomic E-state index is 8.64. The number of likely N-dealkylation sites (N-methyl/N-ethyl adjacent to an activating group) is 1. The Morgan fingerprint density at radius 1 is 1.19 bits per heavy atom. The van der Waals surface area contributed by atoms with E-state index in [-0.39, 0.29) is 5.84 Å². The number of para-hydroxylation sites is 2. The number of hydrogen-bond donors (Lipinski definition) is 2. The number of amidine groups is 1. The fourth-order valence-corrected chi connectivity index (χ4v) is 2.39. The average molecular weight is 284 g/mol. The van der Waals surface area contributed by atoms with Crippen LogP contribution < -0.4 is 15.5 Å². The third kappa shape index (κ3) is 2.33. The van der Waals surface area contributed by atoms with Gasteiger partial charge in [-0.1, -0.05) is 17.3 Å². The molecule has 1 aliphatic rings. The van der Waals surface area contributed by atoms with Crippen LogP contribution in [0.25, 0.3) is 0 Å². The van der Waals surface area contributed by atoms with Crippen molar-refractivity contribution in [3.8, 4) is 0 Å². The zero-order valence-corrected chi connectivity index (χ0v) is 11.6. The number of hydrogen-bond acceptors (Lipinski definition) is 6. The Bertz CT molecular complexity index is 669. The van der Waals surface area contributed by atoms with Gasteiger partial charge in [-0.05, 0) is 12.1 Å². The molecule has 0 unspecified atom stereocenters. The zero-order valence-electron chi connectivity index (χ0n) is 11.6. The van der Waals surface area contributed by atoms with Crippen molar-refractivity contribution < 1.29 is 5.21 Å². The standard InChI is InChI=1S/C14H16N6O/c1-19-6-7-20(12-5-3-2-4-11(12)19)13-9-16-10(8-17-13)14(15)18-21/h2-5,8-9,21H,6-7H2,1H3,(H2,15,18). The van der Waals surface area contributed by atoms with Gasteiger partial charge in [0.1, 0.15) is 5.69 Å². The van der Waals surface area contributed by atoms with Crippen molar-refractivity contribution >= 4 is 23.0 Å². The van der Waals surface area contributed by atoms with Crippen LogP contribution in [0, 0.1) is 0 Å². The first kappa shape index (κ1) is 13.2. The van der Waals surface area contributed by atoms with E-state index in [0.717, 1.165) is 30.3 Å². The topological polar surface area (TPSA) is 90.9 Å². The van der Waals surface area contributed by atoms with Gasteiger partial charge in [0.25, 0.3) is 0 Å². The van der Waals surface area contributed by atoms with E-state index in [1.807, 2.05) is 12.1 Å². The first-order chi connectivity index (χ1) is 10.2. The van der Waals surface area contributed by atoms with E-state index in [1.54, 1.807) is 6.20 Å². The molecule has 0 bridgehead atoms. The van der Waals surface area contributed by atoms with E-state index in [0.29, 0.717) is 5.69 Å². The summed E-state index contributed by atoms with van der Waals surface area (Å²) in [5.41, 5.74) is 8.10. The Labute approximate surface area is 122 Å². The number of benzene rings is 1. The molecule has 0 fully saturated rings. The largest absolute Gasteiger partial charge is 0.409 e. The van der Waals surface area contributed by atoms with Crippen molar-refractivity contribution in [3.63, 3.8) is 0 Å². The minimum atomic E-state index is -0.0483. The Balaban J connectivity index is 1.96. The van der Waals surface area contributed by atoms with E-state index in [2.05, 4.69) is 44.1 Å². The molecule has 0 radical (unpaired) electrons. The van der Waals surface area contributed by atoms with Gasteiger partial charge in [0.05, 0.1) is 23.8 Å². The first-order valence-electron chi connectivity index (χ1n) is 6.58. The third-order valence-corrected chi connectivity index (χ3v) is 3.53. The van der Waals surface area contributed by atoms with Crippen LogP contribution in [0.1, 0.15) is 5.69 Å². The van der Waals surface area contributed by atoms with Crippen molar-refractivity contribution in [2.24, 2.45) is 10.9 Å². The molecular formula is C14H16N6O. The summed E-state index contributed by atoms with van der Waals surface area (Å²) < 4.78 is 0. The summed E-state index contributed by atoms with van der Waals surface area (Å²) in [6, 6.07) is 8.17. The molecule has 2 aromatic rings. The van der Waals surface area contributed by atoms with Gasteiger partial charge in [0, 0.05) is 20.1 Å². The molecule has 1 aliphatic heterocycles. The molecule has 0 aliphatic carbocycles. The summed E-state index contributed by atoms with van der Waals surface area (Å²) >= 11 is 0. The Morgan fingerprint density at radius 2 is 1.95 bits per heavy atom. The summed E-state index contributed by atoms with van der Waals surface area (Å²) in [4.78, 5) is 12.9. The number of fused-ring (bicyclic) bond motifs is 1. The van der Waals surface area contributed by atoms with Gasteiger partial charge in [-0.25, -0.2) is 9.97 Å². The number of oxime groups is 1. The zero-order chi connectivity index (χ0) is 14.8. The minimum Gasteiger partial charge on any atom is -0.409 e. The van der Waals surface area contributed by atoms with E-state index in [9.17, 15) is 0 Å². The van der Waals surface area contributed by atoms with Crippen molar-refractivity contribution in [2.75, 3.05) is 29.9 Å². The van der Waals surface area contributed by atoms with Crippen LogP contribution in [-0.4, -0.2) is 41.1 Å². The molecule has 21 heavy (non-hydrogen) atoms.